The first kappa shape index (κ1) is 24.3. The van der Waals surface area contributed by atoms with Gasteiger partial charge in [-0.15, -0.1) is 0 Å². The summed E-state index contributed by atoms with van der Waals surface area (Å²) in [6.07, 6.45) is 3.45. The molecule has 0 saturated heterocycles. The van der Waals surface area contributed by atoms with Crippen molar-refractivity contribution >= 4 is 22.8 Å². The van der Waals surface area contributed by atoms with Gasteiger partial charge in [0.1, 0.15) is 11.7 Å². The van der Waals surface area contributed by atoms with Crippen molar-refractivity contribution in [3.63, 3.8) is 0 Å². The molecular formula is C24H29F2N5O2. The van der Waals surface area contributed by atoms with Crippen LogP contribution in [0.1, 0.15) is 31.9 Å². The predicted molar refractivity (Wildman–Crippen MR) is 122 cm³/mol. The molecule has 3 rings (SSSR count). The van der Waals surface area contributed by atoms with Crippen LogP contribution in [-0.2, 0) is 22.6 Å². The highest BCUT2D eigenvalue weighted by molar-refractivity contribution is 5.90. The van der Waals surface area contributed by atoms with Crippen LogP contribution in [0.15, 0.2) is 42.7 Å². The number of aromatic nitrogens is 2. The predicted octanol–water partition coefficient (Wildman–Crippen LogP) is 2.91. The van der Waals surface area contributed by atoms with E-state index in [1.807, 2.05) is 37.9 Å². The van der Waals surface area contributed by atoms with Gasteiger partial charge in [0.25, 0.3) is 0 Å². The lowest BCUT2D eigenvalue weighted by Gasteiger charge is -2.29. The van der Waals surface area contributed by atoms with Crippen molar-refractivity contribution in [2.24, 2.45) is 0 Å². The Kier molecular flexibility index (Phi) is 7.75. The monoisotopic (exact) mass is 457 g/mol. The van der Waals surface area contributed by atoms with Crippen molar-refractivity contribution in [1.29, 1.82) is 0 Å². The van der Waals surface area contributed by atoms with Crippen LogP contribution in [0.3, 0.4) is 0 Å². The smallest absolute Gasteiger partial charge is 0.243 e. The highest BCUT2D eigenvalue weighted by Crippen LogP contribution is 2.13. The van der Waals surface area contributed by atoms with Crippen molar-refractivity contribution in [2.45, 2.75) is 51.9 Å². The molecule has 0 radical (unpaired) electrons. The topological polar surface area (TPSA) is 90.1 Å². The van der Waals surface area contributed by atoms with Crippen molar-refractivity contribution in [3.8, 4) is 0 Å². The number of amides is 2. The fourth-order valence-electron chi connectivity index (χ4n) is 3.43. The molecule has 0 bridgehead atoms. The van der Waals surface area contributed by atoms with Crippen LogP contribution in [0.4, 0.5) is 8.78 Å². The van der Waals surface area contributed by atoms with Gasteiger partial charge in [-0.2, -0.15) is 0 Å². The summed E-state index contributed by atoms with van der Waals surface area (Å²) in [6, 6.07) is 5.91. The third kappa shape index (κ3) is 6.13. The van der Waals surface area contributed by atoms with Gasteiger partial charge in [0, 0.05) is 36.8 Å². The molecule has 2 unspecified atom stereocenters. The minimum atomic E-state index is -1.00. The van der Waals surface area contributed by atoms with E-state index in [9.17, 15) is 18.4 Å². The number of likely N-dealkylation sites (N-methyl/N-ethyl adjacent to an activating group) is 1. The van der Waals surface area contributed by atoms with Crippen molar-refractivity contribution in [1.82, 2.24) is 25.5 Å². The van der Waals surface area contributed by atoms with Gasteiger partial charge in [0.2, 0.25) is 11.8 Å². The highest BCUT2D eigenvalue weighted by atomic mass is 19.2. The van der Waals surface area contributed by atoms with Gasteiger partial charge in [-0.25, -0.2) is 13.8 Å². The number of nitrogens with zero attached hydrogens (tertiary/aromatic N) is 2. The van der Waals surface area contributed by atoms with E-state index in [2.05, 4.69) is 20.6 Å². The number of aromatic amines is 1. The maximum atomic E-state index is 13.7. The van der Waals surface area contributed by atoms with Gasteiger partial charge < -0.3 is 15.6 Å². The first-order valence-electron chi connectivity index (χ1n) is 10.8. The molecule has 2 amide bonds. The highest BCUT2D eigenvalue weighted by Gasteiger charge is 2.26. The van der Waals surface area contributed by atoms with E-state index in [0.717, 1.165) is 28.7 Å². The Bertz CT molecular complexity index is 1130. The van der Waals surface area contributed by atoms with E-state index in [1.54, 1.807) is 19.3 Å². The average Bonchev–Trinajstić information content (AvgIpc) is 3.26. The summed E-state index contributed by atoms with van der Waals surface area (Å²) < 4.78 is 27.0. The Morgan fingerprint density at radius 3 is 2.52 bits per heavy atom. The van der Waals surface area contributed by atoms with Crippen LogP contribution in [-0.4, -0.2) is 51.9 Å². The van der Waals surface area contributed by atoms with E-state index in [0.29, 0.717) is 5.56 Å². The van der Waals surface area contributed by atoms with E-state index in [-0.39, 0.29) is 24.9 Å². The molecule has 33 heavy (non-hydrogen) atoms. The quantitative estimate of drug-likeness (QED) is 0.461. The number of halogens is 2. The second-order valence-corrected chi connectivity index (χ2v) is 8.43. The number of nitrogens with one attached hydrogen (secondary N) is 3. The van der Waals surface area contributed by atoms with Crippen LogP contribution in [0.2, 0.25) is 0 Å². The number of H-pyrrole nitrogens is 1. The largest absolute Gasteiger partial charge is 0.350 e. The van der Waals surface area contributed by atoms with Crippen LogP contribution in [0.25, 0.3) is 11.0 Å². The number of carbonyl (C=O) groups is 2. The molecule has 1 aromatic carbocycles. The summed E-state index contributed by atoms with van der Waals surface area (Å²) in [7, 11) is 1.82. The Hall–Kier alpha value is -3.33. The molecule has 0 fully saturated rings. The average molecular weight is 458 g/mol. The summed E-state index contributed by atoms with van der Waals surface area (Å²) in [5, 5.41) is 6.50. The lowest BCUT2D eigenvalue weighted by molar-refractivity contribution is -0.131. The van der Waals surface area contributed by atoms with E-state index in [4.69, 9.17) is 0 Å². The molecule has 0 saturated carbocycles. The Morgan fingerprint density at radius 1 is 1.06 bits per heavy atom. The van der Waals surface area contributed by atoms with Crippen LogP contribution < -0.4 is 10.6 Å². The molecule has 0 aliphatic heterocycles. The molecule has 3 N–H and O–H groups in total. The number of carbonyl (C=O) groups excluding carboxylic acids is 2. The summed E-state index contributed by atoms with van der Waals surface area (Å²) in [4.78, 5) is 35.0. The second-order valence-electron chi connectivity index (χ2n) is 8.43. The molecule has 2 heterocycles. The number of hydrogen-bond acceptors (Lipinski definition) is 4. The first-order valence-corrected chi connectivity index (χ1v) is 10.8. The molecule has 3 aromatic rings. The third-order valence-electron chi connectivity index (χ3n) is 5.79. The molecule has 9 heteroatoms. The number of fused-ring (bicyclic) bond motifs is 1. The fourth-order valence-corrected chi connectivity index (χ4v) is 3.43. The van der Waals surface area contributed by atoms with Crippen molar-refractivity contribution in [3.05, 3.63) is 65.5 Å². The minimum Gasteiger partial charge on any atom is -0.350 e. The zero-order valence-electron chi connectivity index (χ0n) is 19.2. The summed E-state index contributed by atoms with van der Waals surface area (Å²) >= 11 is 0. The standard InChI is InChI=1S/C24H29F2N5O2/c1-14(2)31(4)15(3)23(32)30-21(11-16-5-6-19(25)20(26)10-16)24(33)29-13-17-9-18-7-8-27-22(18)28-12-17/h5-10,12,14-15,21H,11,13H2,1-4H3,(H,27,28)(H,29,33)(H,30,32). The maximum Gasteiger partial charge on any atom is 0.243 e. The van der Waals surface area contributed by atoms with Crippen LogP contribution >= 0.6 is 0 Å². The first-order chi connectivity index (χ1) is 15.7. The number of hydrogen-bond donors (Lipinski definition) is 3. The fraction of sp³-hybridized carbons (Fsp3) is 0.375. The SMILES string of the molecule is CC(C)N(C)C(C)C(=O)NC(Cc1ccc(F)c(F)c1)C(=O)NCc1cnc2[nH]ccc2c1. The molecule has 0 spiro atoms. The normalized spacial score (nSPS) is 13.3. The molecule has 176 valence electrons. The molecule has 0 aliphatic rings. The zero-order chi connectivity index (χ0) is 24.1. The number of benzene rings is 1. The van der Waals surface area contributed by atoms with Gasteiger partial charge in [-0.3, -0.25) is 14.5 Å². The number of pyridine rings is 1. The summed E-state index contributed by atoms with van der Waals surface area (Å²) in [5.74, 6) is -2.73. The Balaban J connectivity index is 1.74. The summed E-state index contributed by atoms with van der Waals surface area (Å²) in [6.45, 7) is 5.88. The maximum absolute atomic E-state index is 13.7. The van der Waals surface area contributed by atoms with Gasteiger partial charge in [0.15, 0.2) is 11.6 Å². The Labute approximate surface area is 191 Å². The van der Waals surface area contributed by atoms with Gasteiger partial charge in [-0.05, 0) is 63.2 Å². The van der Waals surface area contributed by atoms with E-state index in [1.165, 1.54) is 6.07 Å². The lowest BCUT2D eigenvalue weighted by atomic mass is 10.0. The minimum absolute atomic E-state index is 0.0159. The molecular weight excluding hydrogens is 428 g/mol. The third-order valence-corrected chi connectivity index (χ3v) is 5.79. The number of rotatable bonds is 9. The van der Waals surface area contributed by atoms with Crippen LogP contribution in [0, 0.1) is 11.6 Å². The van der Waals surface area contributed by atoms with E-state index < -0.39 is 29.6 Å². The van der Waals surface area contributed by atoms with Crippen LogP contribution in [0.5, 0.6) is 0 Å². The molecule has 2 atom stereocenters. The Morgan fingerprint density at radius 2 is 1.82 bits per heavy atom. The van der Waals surface area contributed by atoms with Crippen molar-refractivity contribution < 1.29 is 18.4 Å². The lowest BCUT2D eigenvalue weighted by Crippen LogP contribution is -2.53. The zero-order valence-corrected chi connectivity index (χ0v) is 19.2. The second kappa shape index (κ2) is 10.5. The van der Waals surface area contributed by atoms with Gasteiger partial charge in [0.05, 0.1) is 6.04 Å². The van der Waals surface area contributed by atoms with E-state index >= 15 is 0 Å². The molecule has 7 nitrogen and oxygen atoms in total. The van der Waals surface area contributed by atoms with Crippen molar-refractivity contribution in [2.75, 3.05) is 7.05 Å². The molecule has 0 aliphatic carbocycles. The molecule has 2 aromatic heterocycles. The van der Waals surface area contributed by atoms with Gasteiger partial charge >= 0.3 is 0 Å². The van der Waals surface area contributed by atoms with Gasteiger partial charge in [-0.1, -0.05) is 6.07 Å². The summed E-state index contributed by atoms with van der Waals surface area (Å²) in [5.41, 5.74) is 1.94.